The van der Waals surface area contributed by atoms with Crippen molar-refractivity contribution < 1.29 is 14.3 Å². The van der Waals surface area contributed by atoms with Crippen LogP contribution < -0.4 is 10.2 Å². The summed E-state index contributed by atoms with van der Waals surface area (Å²) in [5.74, 6) is -0.970. The summed E-state index contributed by atoms with van der Waals surface area (Å²) < 4.78 is 19.2. The average molecular weight is 577 g/mol. The van der Waals surface area contributed by atoms with E-state index < -0.39 is 17.3 Å². The van der Waals surface area contributed by atoms with Gasteiger partial charge in [0, 0.05) is 69.3 Å². The highest BCUT2D eigenvalue weighted by Crippen LogP contribution is 2.31. The van der Waals surface area contributed by atoms with Crippen molar-refractivity contribution in [3.63, 3.8) is 0 Å². The Hall–Kier alpha value is -3.80. The summed E-state index contributed by atoms with van der Waals surface area (Å²) in [7, 11) is 5.95. The lowest BCUT2D eigenvalue weighted by Crippen LogP contribution is -2.48. The van der Waals surface area contributed by atoms with Gasteiger partial charge in [-0.15, -0.1) is 0 Å². The summed E-state index contributed by atoms with van der Waals surface area (Å²) in [5, 5.41) is 17.7. The van der Waals surface area contributed by atoms with Gasteiger partial charge in [0.05, 0.1) is 34.9 Å². The molecular formula is C31H41FN8O2. The van der Waals surface area contributed by atoms with Crippen molar-refractivity contribution in [3.05, 3.63) is 59.7 Å². The molecule has 2 N–H and O–H groups in total. The number of hydrogen-bond donors (Lipinski definition) is 2. The highest BCUT2D eigenvalue weighted by atomic mass is 19.1. The van der Waals surface area contributed by atoms with E-state index in [1.54, 1.807) is 55.5 Å². The zero-order valence-corrected chi connectivity index (χ0v) is 25.4. The molecule has 4 aromatic rings. The number of hydrogen-bond acceptors (Lipinski definition) is 7. The number of nitrogens with one attached hydrogen (secondary N) is 1. The molecular weight excluding hydrogens is 535 g/mol. The number of aliphatic hydroxyl groups is 1. The number of carbonyl (C=O) groups excluding carboxylic acids is 1. The van der Waals surface area contributed by atoms with E-state index in [1.807, 2.05) is 12.1 Å². The molecule has 42 heavy (non-hydrogen) atoms. The summed E-state index contributed by atoms with van der Waals surface area (Å²) in [6.45, 7) is 11.3. The van der Waals surface area contributed by atoms with E-state index in [1.165, 1.54) is 6.07 Å². The Kier molecular flexibility index (Phi) is 8.36. The number of imidazole rings is 1. The molecule has 1 fully saturated rings. The van der Waals surface area contributed by atoms with Crippen LogP contribution in [0.1, 0.15) is 29.8 Å². The summed E-state index contributed by atoms with van der Waals surface area (Å²) in [5.41, 5.74) is 3.02. The monoisotopic (exact) mass is 576 g/mol. The molecule has 0 aliphatic carbocycles. The molecule has 0 atom stereocenters. The van der Waals surface area contributed by atoms with Gasteiger partial charge in [0.25, 0.3) is 5.91 Å². The maximum atomic E-state index is 15.8. The van der Waals surface area contributed by atoms with Crippen molar-refractivity contribution >= 4 is 28.6 Å². The number of amides is 1. The topological polar surface area (TPSA) is 94.7 Å². The number of nitrogens with zero attached hydrogens (tertiary/aromatic N) is 7. The van der Waals surface area contributed by atoms with Gasteiger partial charge in [-0.2, -0.15) is 5.10 Å². The zero-order valence-electron chi connectivity index (χ0n) is 25.4. The SMILES string of the molecule is Cc1ccc(C(=O)Nc2nc3ccc(N4CCN(CCN(C)C)CC4)cc3n2CC(C)(C)O)c(F)c1-c1cnn(C)c1. The predicted octanol–water partition coefficient (Wildman–Crippen LogP) is 3.59. The van der Waals surface area contributed by atoms with Crippen LogP contribution in [-0.4, -0.2) is 99.1 Å². The van der Waals surface area contributed by atoms with Gasteiger partial charge in [-0.05, 0) is 64.7 Å². The van der Waals surface area contributed by atoms with Crippen molar-refractivity contribution in [1.29, 1.82) is 0 Å². The smallest absolute Gasteiger partial charge is 0.260 e. The number of aromatic nitrogens is 4. The van der Waals surface area contributed by atoms with E-state index in [2.05, 4.69) is 50.3 Å². The van der Waals surface area contributed by atoms with Crippen LogP contribution in [0.4, 0.5) is 16.0 Å². The third-order valence-corrected chi connectivity index (χ3v) is 7.69. The zero-order chi connectivity index (χ0) is 30.2. The lowest BCUT2D eigenvalue weighted by Gasteiger charge is -2.36. The number of likely N-dealkylation sites (N-methyl/N-ethyl adjacent to an activating group) is 1. The van der Waals surface area contributed by atoms with Crippen LogP contribution in [0, 0.1) is 12.7 Å². The van der Waals surface area contributed by atoms with E-state index in [4.69, 9.17) is 0 Å². The van der Waals surface area contributed by atoms with E-state index >= 15 is 4.39 Å². The Morgan fingerprint density at radius 1 is 1.14 bits per heavy atom. The summed E-state index contributed by atoms with van der Waals surface area (Å²) in [6.07, 6.45) is 3.30. The third-order valence-electron chi connectivity index (χ3n) is 7.69. The minimum absolute atomic E-state index is 0.0888. The van der Waals surface area contributed by atoms with E-state index in [0.717, 1.165) is 50.5 Å². The highest BCUT2D eigenvalue weighted by Gasteiger charge is 2.25. The molecule has 1 aliphatic heterocycles. The minimum atomic E-state index is -1.08. The Labute approximate surface area is 246 Å². The largest absolute Gasteiger partial charge is 0.389 e. The van der Waals surface area contributed by atoms with Crippen molar-refractivity contribution in [2.24, 2.45) is 7.05 Å². The molecule has 0 unspecified atom stereocenters. The number of benzene rings is 2. The van der Waals surface area contributed by atoms with Crippen LogP contribution >= 0.6 is 0 Å². The molecule has 1 amide bonds. The first-order valence-corrected chi connectivity index (χ1v) is 14.3. The first-order valence-electron chi connectivity index (χ1n) is 14.3. The molecule has 0 saturated carbocycles. The first kappa shape index (κ1) is 29.7. The summed E-state index contributed by atoms with van der Waals surface area (Å²) >= 11 is 0. The summed E-state index contributed by atoms with van der Waals surface area (Å²) in [6, 6.07) is 9.26. The normalized spacial score (nSPS) is 14.7. The van der Waals surface area contributed by atoms with Gasteiger partial charge >= 0.3 is 0 Å². The predicted molar refractivity (Wildman–Crippen MR) is 165 cm³/mol. The van der Waals surface area contributed by atoms with Gasteiger partial charge in [-0.1, -0.05) is 6.07 Å². The number of halogens is 1. The highest BCUT2D eigenvalue weighted by molar-refractivity contribution is 6.05. The van der Waals surface area contributed by atoms with Crippen LogP contribution in [0.3, 0.4) is 0 Å². The number of piperazine rings is 1. The van der Waals surface area contributed by atoms with Crippen molar-refractivity contribution in [3.8, 4) is 11.1 Å². The second-order valence-corrected chi connectivity index (χ2v) is 12.1. The molecule has 11 heteroatoms. The molecule has 0 spiro atoms. The molecule has 2 aromatic carbocycles. The number of aryl methyl sites for hydroxylation is 2. The van der Waals surface area contributed by atoms with Gasteiger partial charge in [0.15, 0.2) is 0 Å². The number of carbonyl (C=O) groups is 1. The lowest BCUT2D eigenvalue weighted by atomic mass is 9.99. The molecule has 0 radical (unpaired) electrons. The molecule has 10 nitrogen and oxygen atoms in total. The standard InChI is InChI=1S/C31H41FN8O2/c1-21-7-9-24(28(32)27(21)22-18-33-37(6)19-22)29(41)35-30-34-25-10-8-23(17-26(25)40(30)20-31(2,3)42)39-15-13-38(14-16-39)12-11-36(4)5/h7-10,17-19,42H,11-16,20H2,1-6H3,(H,34,35,41). The van der Waals surface area contributed by atoms with Crippen LogP contribution in [-0.2, 0) is 13.6 Å². The molecule has 2 aromatic heterocycles. The van der Waals surface area contributed by atoms with Gasteiger partial charge in [-0.3, -0.25) is 19.7 Å². The van der Waals surface area contributed by atoms with E-state index in [-0.39, 0.29) is 18.1 Å². The third kappa shape index (κ3) is 6.48. The van der Waals surface area contributed by atoms with Crippen LogP contribution in [0.2, 0.25) is 0 Å². The van der Waals surface area contributed by atoms with Crippen LogP contribution in [0.25, 0.3) is 22.2 Å². The Bertz CT molecular complexity index is 1580. The average Bonchev–Trinajstić information content (AvgIpc) is 3.49. The first-order chi connectivity index (χ1) is 19.9. The van der Waals surface area contributed by atoms with Gasteiger partial charge in [0.1, 0.15) is 5.82 Å². The number of fused-ring (bicyclic) bond motifs is 1. The Morgan fingerprint density at radius 2 is 1.88 bits per heavy atom. The summed E-state index contributed by atoms with van der Waals surface area (Å²) in [4.78, 5) is 25.2. The Morgan fingerprint density at radius 3 is 2.52 bits per heavy atom. The number of anilines is 2. The molecule has 224 valence electrons. The second kappa shape index (κ2) is 11.8. The van der Waals surface area contributed by atoms with E-state index in [0.29, 0.717) is 22.2 Å². The second-order valence-electron chi connectivity index (χ2n) is 12.1. The van der Waals surface area contributed by atoms with Crippen molar-refractivity contribution in [2.75, 3.05) is 63.6 Å². The van der Waals surface area contributed by atoms with Crippen molar-refractivity contribution in [2.45, 2.75) is 32.9 Å². The molecule has 0 bridgehead atoms. The molecule has 1 aliphatic rings. The van der Waals surface area contributed by atoms with Crippen LogP contribution in [0.15, 0.2) is 42.7 Å². The van der Waals surface area contributed by atoms with Gasteiger partial charge in [-0.25, -0.2) is 9.37 Å². The lowest BCUT2D eigenvalue weighted by molar-refractivity contribution is 0.0630. The number of rotatable bonds is 9. The maximum absolute atomic E-state index is 15.8. The fraction of sp³-hybridized carbons (Fsp3) is 0.452. The molecule has 5 rings (SSSR count). The Balaban J connectivity index is 1.43. The van der Waals surface area contributed by atoms with Crippen LogP contribution in [0.5, 0.6) is 0 Å². The fourth-order valence-corrected chi connectivity index (χ4v) is 5.44. The van der Waals surface area contributed by atoms with E-state index in [9.17, 15) is 9.90 Å². The van der Waals surface area contributed by atoms with Crippen molar-refractivity contribution in [1.82, 2.24) is 29.1 Å². The quantitative estimate of drug-likeness (QED) is 0.315. The molecule has 3 heterocycles. The fourth-order valence-electron chi connectivity index (χ4n) is 5.44. The van der Waals surface area contributed by atoms with Gasteiger partial charge < -0.3 is 19.5 Å². The van der Waals surface area contributed by atoms with Gasteiger partial charge in [0.2, 0.25) is 5.95 Å². The minimum Gasteiger partial charge on any atom is -0.389 e. The maximum Gasteiger partial charge on any atom is 0.260 e. The molecule has 1 saturated heterocycles.